The van der Waals surface area contributed by atoms with Crippen LogP contribution in [0.4, 0.5) is 0 Å². The van der Waals surface area contributed by atoms with Gasteiger partial charge >= 0.3 is 0 Å². The molecule has 1 amide bonds. The van der Waals surface area contributed by atoms with Gasteiger partial charge in [-0.2, -0.15) is 0 Å². The molecule has 0 aliphatic rings. The number of hydrogen-bond acceptors (Lipinski definition) is 2. The van der Waals surface area contributed by atoms with Crippen molar-refractivity contribution in [1.29, 1.82) is 0 Å². The fraction of sp³-hybridized carbons (Fsp3) is 0.500. The Kier molecular flexibility index (Phi) is 4.81. The smallest absolute Gasteiger partial charge is 0.220 e. The topological polar surface area (TPSA) is 42.0 Å². The number of hydrogen-bond donors (Lipinski definition) is 1. The number of nitrogens with zero attached hydrogens (tertiary/aromatic N) is 1. The predicted octanol–water partition coefficient (Wildman–Crippen LogP) is 1.79. The Morgan fingerprint density at radius 1 is 1.47 bits per heavy atom. The molecule has 1 aromatic heterocycles. The molecule has 0 saturated heterocycles. The van der Waals surface area contributed by atoms with Gasteiger partial charge < -0.3 is 5.32 Å². The molecule has 0 bridgehead atoms. The summed E-state index contributed by atoms with van der Waals surface area (Å²) in [5.41, 5.74) is 0.970. The molecule has 3 heteroatoms. The van der Waals surface area contributed by atoms with Gasteiger partial charge in [-0.1, -0.05) is 19.9 Å². The van der Waals surface area contributed by atoms with Crippen LogP contribution < -0.4 is 5.32 Å². The third-order valence-electron chi connectivity index (χ3n) is 2.04. The molecule has 0 saturated carbocycles. The van der Waals surface area contributed by atoms with Crippen LogP contribution in [0.5, 0.6) is 0 Å². The van der Waals surface area contributed by atoms with Crippen LogP contribution in [0.15, 0.2) is 24.4 Å². The minimum absolute atomic E-state index is 0.106. The fourth-order valence-corrected chi connectivity index (χ4v) is 1.19. The summed E-state index contributed by atoms with van der Waals surface area (Å²) in [6.45, 7) is 4.92. The molecular formula is C12H18N2O. The van der Waals surface area contributed by atoms with Gasteiger partial charge in [-0.15, -0.1) is 0 Å². The van der Waals surface area contributed by atoms with Crippen LogP contribution >= 0.6 is 0 Å². The Hall–Kier alpha value is -1.38. The average molecular weight is 206 g/mol. The number of rotatable bonds is 5. The van der Waals surface area contributed by atoms with E-state index in [9.17, 15) is 4.79 Å². The number of carbonyl (C=O) groups excluding carboxylic acids is 1. The number of aromatic nitrogens is 1. The average Bonchev–Trinajstić information content (AvgIpc) is 2.25. The van der Waals surface area contributed by atoms with E-state index in [1.165, 1.54) is 0 Å². The lowest BCUT2D eigenvalue weighted by Gasteiger charge is -2.06. The van der Waals surface area contributed by atoms with Crippen LogP contribution in [0.25, 0.3) is 0 Å². The normalized spacial score (nSPS) is 10.3. The zero-order chi connectivity index (χ0) is 11.1. The van der Waals surface area contributed by atoms with E-state index in [4.69, 9.17) is 0 Å². The van der Waals surface area contributed by atoms with Crippen molar-refractivity contribution in [3.05, 3.63) is 30.1 Å². The van der Waals surface area contributed by atoms with E-state index in [0.29, 0.717) is 18.8 Å². The van der Waals surface area contributed by atoms with Crippen molar-refractivity contribution in [2.24, 2.45) is 5.92 Å². The SMILES string of the molecule is CC(C)CNC(=O)CCc1ccccn1. The van der Waals surface area contributed by atoms with E-state index in [0.717, 1.165) is 12.2 Å². The highest BCUT2D eigenvalue weighted by atomic mass is 16.1. The lowest BCUT2D eigenvalue weighted by molar-refractivity contribution is -0.121. The first kappa shape index (κ1) is 11.7. The monoisotopic (exact) mass is 206 g/mol. The third kappa shape index (κ3) is 5.15. The first-order valence-electron chi connectivity index (χ1n) is 5.35. The van der Waals surface area contributed by atoms with Crippen molar-refractivity contribution in [2.75, 3.05) is 6.54 Å². The summed E-state index contributed by atoms with van der Waals surface area (Å²) in [6.07, 6.45) is 2.98. The molecule has 0 spiro atoms. The molecule has 0 aliphatic carbocycles. The number of pyridine rings is 1. The quantitative estimate of drug-likeness (QED) is 0.798. The summed E-state index contributed by atoms with van der Waals surface area (Å²) < 4.78 is 0. The lowest BCUT2D eigenvalue weighted by atomic mass is 10.2. The minimum atomic E-state index is 0.106. The second-order valence-electron chi connectivity index (χ2n) is 4.02. The van der Waals surface area contributed by atoms with E-state index in [1.54, 1.807) is 6.20 Å². The van der Waals surface area contributed by atoms with Gasteiger partial charge in [-0.3, -0.25) is 9.78 Å². The van der Waals surface area contributed by atoms with E-state index < -0.39 is 0 Å². The first-order valence-corrected chi connectivity index (χ1v) is 5.35. The summed E-state index contributed by atoms with van der Waals surface area (Å²) in [6, 6.07) is 5.76. The van der Waals surface area contributed by atoms with Crippen molar-refractivity contribution >= 4 is 5.91 Å². The molecule has 0 fully saturated rings. The van der Waals surface area contributed by atoms with E-state index in [-0.39, 0.29) is 5.91 Å². The van der Waals surface area contributed by atoms with Crippen molar-refractivity contribution in [3.8, 4) is 0 Å². The highest BCUT2D eigenvalue weighted by Gasteiger charge is 2.02. The van der Waals surface area contributed by atoms with Gasteiger partial charge in [0.2, 0.25) is 5.91 Å². The van der Waals surface area contributed by atoms with Crippen LogP contribution in [-0.2, 0) is 11.2 Å². The standard InChI is InChI=1S/C12H18N2O/c1-10(2)9-14-12(15)7-6-11-5-3-4-8-13-11/h3-5,8,10H,6-7,9H2,1-2H3,(H,14,15). The third-order valence-corrected chi connectivity index (χ3v) is 2.04. The highest BCUT2D eigenvalue weighted by Crippen LogP contribution is 1.98. The minimum Gasteiger partial charge on any atom is -0.356 e. The zero-order valence-corrected chi connectivity index (χ0v) is 9.36. The van der Waals surface area contributed by atoms with Crippen molar-refractivity contribution < 1.29 is 4.79 Å². The van der Waals surface area contributed by atoms with Crippen molar-refractivity contribution in [3.63, 3.8) is 0 Å². The van der Waals surface area contributed by atoms with Gasteiger partial charge in [0.25, 0.3) is 0 Å². The second kappa shape index (κ2) is 6.17. The van der Waals surface area contributed by atoms with Crippen LogP contribution in [0, 0.1) is 5.92 Å². The Morgan fingerprint density at radius 3 is 2.87 bits per heavy atom. The van der Waals surface area contributed by atoms with Crippen molar-refractivity contribution in [2.45, 2.75) is 26.7 Å². The van der Waals surface area contributed by atoms with Gasteiger partial charge in [0.05, 0.1) is 0 Å². The molecule has 1 rings (SSSR count). The Morgan fingerprint density at radius 2 is 2.27 bits per heavy atom. The van der Waals surface area contributed by atoms with E-state index in [1.807, 2.05) is 18.2 Å². The number of amides is 1. The molecule has 1 N–H and O–H groups in total. The van der Waals surface area contributed by atoms with Gasteiger partial charge in [0, 0.05) is 24.9 Å². The highest BCUT2D eigenvalue weighted by molar-refractivity contribution is 5.76. The van der Waals surface area contributed by atoms with Crippen LogP contribution in [0.2, 0.25) is 0 Å². The molecule has 1 aromatic rings. The molecule has 0 unspecified atom stereocenters. The summed E-state index contributed by atoms with van der Waals surface area (Å²) in [7, 11) is 0. The molecule has 15 heavy (non-hydrogen) atoms. The molecule has 0 atom stereocenters. The maximum absolute atomic E-state index is 11.4. The number of carbonyl (C=O) groups is 1. The summed E-state index contributed by atoms with van der Waals surface area (Å²) >= 11 is 0. The molecule has 0 radical (unpaired) electrons. The van der Waals surface area contributed by atoms with Crippen LogP contribution in [-0.4, -0.2) is 17.4 Å². The van der Waals surface area contributed by atoms with Crippen molar-refractivity contribution in [1.82, 2.24) is 10.3 Å². The largest absolute Gasteiger partial charge is 0.356 e. The fourth-order valence-electron chi connectivity index (χ4n) is 1.19. The molecule has 0 aliphatic heterocycles. The Labute approximate surface area is 90.9 Å². The van der Waals surface area contributed by atoms with Crippen LogP contribution in [0.1, 0.15) is 26.0 Å². The summed E-state index contributed by atoms with van der Waals surface area (Å²) in [5.74, 6) is 0.609. The molecular weight excluding hydrogens is 188 g/mol. The molecule has 0 aromatic carbocycles. The zero-order valence-electron chi connectivity index (χ0n) is 9.36. The van der Waals surface area contributed by atoms with E-state index in [2.05, 4.69) is 24.1 Å². The Bertz CT molecular complexity index is 296. The predicted molar refractivity (Wildman–Crippen MR) is 60.4 cm³/mol. The number of nitrogens with one attached hydrogen (secondary N) is 1. The summed E-state index contributed by atoms with van der Waals surface area (Å²) in [4.78, 5) is 15.5. The maximum atomic E-state index is 11.4. The lowest BCUT2D eigenvalue weighted by Crippen LogP contribution is -2.27. The molecule has 82 valence electrons. The number of aryl methyl sites for hydroxylation is 1. The maximum Gasteiger partial charge on any atom is 0.220 e. The van der Waals surface area contributed by atoms with Gasteiger partial charge in [-0.05, 0) is 24.5 Å². The molecule has 3 nitrogen and oxygen atoms in total. The van der Waals surface area contributed by atoms with Crippen LogP contribution in [0.3, 0.4) is 0 Å². The summed E-state index contributed by atoms with van der Waals surface area (Å²) in [5, 5.41) is 2.89. The first-order chi connectivity index (χ1) is 7.18. The molecule has 1 heterocycles. The van der Waals surface area contributed by atoms with Gasteiger partial charge in [0.1, 0.15) is 0 Å². The Balaban J connectivity index is 2.23. The van der Waals surface area contributed by atoms with E-state index >= 15 is 0 Å². The second-order valence-corrected chi connectivity index (χ2v) is 4.02. The van der Waals surface area contributed by atoms with Gasteiger partial charge in [-0.25, -0.2) is 0 Å². The van der Waals surface area contributed by atoms with Gasteiger partial charge in [0.15, 0.2) is 0 Å².